The minimum atomic E-state index is 0.177. The van der Waals surface area contributed by atoms with Gasteiger partial charge in [-0.1, -0.05) is 32.0 Å². The Morgan fingerprint density at radius 2 is 2.18 bits per heavy atom. The summed E-state index contributed by atoms with van der Waals surface area (Å²) >= 11 is 0. The van der Waals surface area contributed by atoms with Gasteiger partial charge >= 0.3 is 0 Å². The van der Waals surface area contributed by atoms with Crippen LogP contribution in [-0.2, 0) is 11.2 Å². The molecule has 2 heterocycles. The van der Waals surface area contributed by atoms with E-state index in [0.29, 0.717) is 12.5 Å². The van der Waals surface area contributed by atoms with Gasteiger partial charge in [0, 0.05) is 49.8 Å². The van der Waals surface area contributed by atoms with Crippen LogP contribution in [0.25, 0.3) is 10.9 Å². The van der Waals surface area contributed by atoms with Crippen molar-refractivity contribution in [2.75, 3.05) is 45.9 Å². The number of aliphatic imine (C=N–C) groups is 1. The molecule has 0 saturated carbocycles. The molecular weight excluding hydrogens is 350 g/mol. The van der Waals surface area contributed by atoms with Gasteiger partial charge in [0.1, 0.15) is 0 Å². The zero-order chi connectivity index (χ0) is 19.8. The molecule has 2 aromatic rings. The molecule has 3 rings (SSSR count). The third-order valence-electron chi connectivity index (χ3n) is 5.01. The van der Waals surface area contributed by atoms with Crippen LogP contribution in [0.4, 0.5) is 0 Å². The molecule has 1 unspecified atom stereocenters. The van der Waals surface area contributed by atoms with Crippen LogP contribution >= 0.6 is 0 Å². The topological polar surface area (TPSA) is 64.7 Å². The van der Waals surface area contributed by atoms with E-state index in [2.05, 4.69) is 71.8 Å². The number of para-hydroxylation sites is 1. The van der Waals surface area contributed by atoms with E-state index in [0.717, 1.165) is 51.7 Å². The Bertz CT molecular complexity index is 754. The molecule has 28 heavy (non-hydrogen) atoms. The lowest BCUT2D eigenvalue weighted by Gasteiger charge is -2.33. The Balaban J connectivity index is 1.50. The average molecular weight is 386 g/mol. The summed E-state index contributed by atoms with van der Waals surface area (Å²) < 4.78 is 5.92. The van der Waals surface area contributed by atoms with Crippen molar-refractivity contribution in [1.82, 2.24) is 20.5 Å². The van der Waals surface area contributed by atoms with Gasteiger partial charge in [0.05, 0.1) is 19.3 Å². The fourth-order valence-corrected chi connectivity index (χ4v) is 3.76. The molecular formula is C22H35N5O. The highest BCUT2D eigenvalue weighted by atomic mass is 16.5. The number of fused-ring (bicyclic) bond motifs is 1. The first kappa shape index (κ1) is 20.7. The average Bonchev–Trinajstić information content (AvgIpc) is 3.09. The minimum Gasteiger partial charge on any atom is -0.374 e. The number of benzene rings is 1. The zero-order valence-electron chi connectivity index (χ0n) is 17.5. The molecule has 6 nitrogen and oxygen atoms in total. The number of morpholine rings is 1. The smallest absolute Gasteiger partial charge is 0.191 e. The van der Waals surface area contributed by atoms with Crippen LogP contribution < -0.4 is 10.6 Å². The summed E-state index contributed by atoms with van der Waals surface area (Å²) in [5.41, 5.74) is 2.53. The third-order valence-corrected chi connectivity index (χ3v) is 5.01. The van der Waals surface area contributed by atoms with Crippen molar-refractivity contribution in [2.45, 2.75) is 33.3 Å². The number of aromatic nitrogens is 1. The standard InChI is InChI=1S/C22H35N5O/c1-4-23-22(26-14-19-16-27(11-12-28-19)15-17(2)3)24-10-9-18-13-25-21-8-6-5-7-20(18)21/h5-8,13,17,19,25H,4,9-12,14-16H2,1-3H3,(H2,23,24,26). The van der Waals surface area contributed by atoms with Crippen molar-refractivity contribution >= 4 is 16.9 Å². The van der Waals surface area contributed by atoms with Crippen molar-refractivity contribution in [3.05, 3.63) is 36.0 Å². The Hall–Kier alpha value is -2.05. The van der Waals surface area contributed by atoms with Crippen LogP contribution in [0.3, 0.4) is 0 Å². The Morgan fingerprint density at radius 3 is 3.00 bits per heavy atom. The Morgan fingerprint density at radius 1 is 1.32 bits per heavy atom. The van der Waals surface area contributed by atoms with E-state index < -0.39 is 0 Å². The van der Waals surface area contributed by atoms with E-state index in [1.165, 1.54) is 16.5 Å². The van der Waals surface area contributed by atoms with E-state index in [4.69, 9.17) is 9.73 Å². The summed E-state index contributed by atoms with van der Waals surface area (Å²) in [6, 6.07) is 8.44. The van der Waals surface area contributed by atoms with E-state index in [-0.39, 0.29) is 6.10 Å². The van der Waals surface area contributed by atoms with E-state index in [1.807, 2.05) is 0 Å². The molecule has 0 bridgehead atoms. The van der Waals surface area contributed by atoms with Gasteiger partial charge < -0.3 is 20.4 Å². The summed E-state index contributed by atoms with van der Waals surface area (Å²) in [6.45, 7) is 13.0. The van der Waals surface area contributed by atoms with Crippen molar-refractivity contribution in [2.24, 2.45) is 10.9 Å². The first-order chi connectivity index (χ1) is 13.7. The highest BCUT2D eigenvalue weighted by Gasteiger charge is 2.20. The number of nitrogens with one attached hydrogen (secondary N) is 3. The lowest BCUT2D eigenvalue weighted by atomic mass is 10.1. The van der Waals surface area contributed by atoms with Crippen LogP contribution in [0.1, 0.15) is 26.3 Å². The summed E-state index contributed by atoms with van der Waals surface area (Å²) in [6.07, 6.45) is 3.24. The molecule has 0 amide bonds. The van der Waals surface area contributed by atoms with Gasteiger partial charge in [0.2, 0.25) is 0 Å². The first-order valence-corrected chi connectivity index (χ1v) is 10.6. The number of nitrogens with zero attached hydrogens (tertiary/aromatic N) is 2. The normalized spacial score (nSPS) is 18.7. The maximum absolute atomic E-state index is 5.92. The number of guanidine groups is 1. The van der Waals surface area contributed by atoms with Gasteiger partial charge in [-0.25, -0.2) is 0 Å². The fraction of sp³-hybridized carbons (Fsp3) is 0.591. The number of aromatic amines is 1. The molecule has 0 spiro atoms. The van der Waals surface area contributed by atoms with Gasteiger partial charge in [-0.15, -0.1) is 0 Å². The highest BCUT2D eigenvalue weighted by molar-refractivity contribution is 5.83. The Labute approximate surface area is 168 Å². The molecule has 1 aliphatic rings. The maximum Gasteiger partial charge on any atom is 0.191 e. The second-order valence-electron chi connectivity index (χ2n) is 7.90. The van der Waals surface area contributed by atoms with E-state index >= 15 is 0 Å². The third kappa shape index (κ3) is 5.97. The summed E-state index contributed by atoms with van der Waals surface area (Å²) in [5, 5.41) is 8.11. The second-order valence-corrected chi connectivity index (χ2v) is 7.90. The fourth-order valence-electron chi connectivity index (χ4n) is 3.76. The molecule has 1 fully saturated rings. The van der Waals surface area contributed by atoms with E-state index in [9.17, 15) is 0 Å². The van der Waals surface area contributed by atoms with Crippen LogP contribution in [0.5, 0.6) is 0 Å². The molecule has 6 heteroatoms. The Kier molecular flexibility index (Phi) is 7.74. The molecule has 1 aromatic heterocycles. The molecule has 0 aliphatic carbocycles. The summed E-state index contributed by atoms with van der Waals surface area (Å²) in [4.78, 5) is 10.6. The number of hydrogen-bond donors (Lipinski definition) is 3. The molecule has 0 radical (unpaired) electrons. The summed E-state index contributed by atoms with van der Waals surface area (Å²) in [7, 11) is 0. The number of ether oxygens (including phenoxy) is 1. The monoisotopic (exact) mass is 385 g/mol. The van der Waals surface area contributed by atoms with Gasteiger partial charge in [-0.3, -0.25) is 9.89 Å². The van der Waals surface area contributed by atoms with Crippen molar-refractivity contribution in [3.63, 3.8) is 0 Å². The van der Waals surface area contributed by atoms with Crippen LogP contribution in [0.15, 0.2) is 35.5 Å². The quantitative estimate of drug-likeness (QED) is 0.483. The predicted octanol–water partition coefficient (Wildman–Crippen LogP) is 2.62. The lowest BCUT2D eigenvalue weighted by molar-refractivity contribution is -0.0261. The van der Waals surface area contributed by atoms with Gasteiger partial charge in [-0.2, -0.15) is 0 Å². The predicted molar refractivity (Wildman–Crippen MR) is 117 cm³/mol. The highest BCUT2D eigenvalue weighted by Crippen LogP contribution is 2.17. The van der Waals surface area contributed by atoms with Gasteiger partial charge in [-0.05, 0) is 30.9 Å². The van der Waals surface area contributed by atoms with E-state index in [1.54, 1.807) is 0 Å². The minimum absolute atomic E-state index is 0.177. The first-order valence-electron chi connectivity index (χ1n) is 10.6. The van der Waals surface area contributed by atoms with Crippen LogP contribution in [-0.4, -0.2) is 67.8 Å². The number of hydrogen-bond acceptors (Lipinski definition) is 3. The molecule has 3 N–H and O–H groups in total. The van der Waals surface area contributed by atoms with Crippen LogP contribution in [0.2, 0.25) is 0 Å². The maximum atomic E-state index is 5.92. The molecule has 1 atom stereocenters. The van der Waals surface area contributed by atoms with Crippen molar-refractivity contribution in [3.8, 4) is 0 Å². The number of rotatable bonds is 8. The largest absolute Gasteiger partial charge is 0.374 e. The zero-order valence-corrected chi connectivity index (χ0v) is 17.5. The lowest BCUT2D eigenvalue weighted by Crippen LogP contribution is -2.46. The van der Waals surface area contributed by atoms with Crippen molar-refractivity contribution in [1.29, 1.82) is 0 Å². The van der Waals surface area contributed by atoms with Gasteiger partial charge in [0.15, 0.2) is 5.96 Å². The molecule has 1 aliphatic heterocycles. The molecule has 1 saturated heterocycles. The molecule has 1 aromatic carbocycles. The number of H-pyrrole nitrogens is 1. The molecule has 154 valence electrons. The summed E-state index contributed by atoms with van der Waals surface area (Å²) in [5.74, 6) is 1.55. The second kappa shape index (κ2) is 10.5. The van der Waals surface area contributed by atoms with Crippen molar-refractivity contribution < 1.29 is 4.74 Å². The van der Waals surface area contributed by atoms with Gasteiger partial charge in [0.25, 0.3) is 0 Å². The SMILES string of the molecule is CCNC(=NCC1CN(CC(C)C)CCO1)NCCc1c[nH]c2ccccc12. The van der Waals surface area contributed by atoms with Crippen LogP contribution in [0, 0.1) is 5.92 Å².